The molecule has 1 heterocycles. The third-order valence-electron chi connectivity index (χ3n) is 3.57. The van der Waals surface area contributed by atoms with Crippen molar-refractivity contribution in [2.75, 3.05) is 32.9 Å². The molecule has 1 amide bonds. The van der Waals surface area contributed by atoms with Crippen LogP contribution >= 0.6 is 0 Å². The van der Waals surface area contributed by atoms with Crippen molar-refractivity contribution in [2.24, 2.45) is 0 Å². The summed E-state index contributed by atoms with van der Waals surface area (Å²) in [4.78, 5) is 11.5. The summed E-state index contributed by atoms with van der Waals surface area (Å²) in [5, 5.41) is 15.7. The molecule has 0 aromatic heterocycles. The topological polar surface area (TPSA) is 79.8 Å². The largest absolute Gasteiger partial charge is 0.389 e. The Kier molecular flexibility index (Phi) is 9.58. The summed E-state index contributed by atoms with van der Waals surface area (Å²) in [6.07, 6.45) is 3.13. The number of rotatable bonds is 11. The fourth-order valence-electron chi connectivity index (χ4n) is 2.09. The summed E-state index contributed by atoms with van der Waals surface area (Å²) >= 11 is 0. The lowest BCUT2D eigenvalue weighted by Crippen LogP contribution is -2.36. The molecular weight excluding hydrogens is 272 g/mol. The van der Waals surface area contributed by atoms with Crippen LogP contribution in [0.25, 0.3) is 0 Å². The first-order chi connectivity index (χ1) is 10.1. The molecular formula is C15H30N2O4. The molecule has 1 fully saturated rings. The molecule has 0 aromatic rings. The maximum absolute atomic E-state index is 11.5. The quantitative estimate of drug-likeness (QED) is 0.483. The normalized spacial score (nSPS) is 21.2. The number of aliphatic hydroxyl groups is 1. The summed E-state index contributed by atoms with van der Waals surface area (Å²) in [7, 11) is 0. The zero-order valence-electron chi connectivity index (χ0n) is 13.3. The van der Waals surface area contributed by atoms with Gasteiger partial charge in [-0.2, -0.15) is 0 Å². The average molecular weight is 302 g/mol. The van der Waals surface area contributed by atoms with Gasteiger partial charge in [0, 0.05) is 32.2 Å². The fourth-order valence-corrected chi connectivity index (χ4v) is 2.09. The Hall–Kier alpha value is -0.690. The third kappa shape index (κ3) is 9.03. The maximum Gasteiger partial charge on any atom is 0.221 e. The van der Waals surface area contributed by atoms with E-state index in [1.165, 1.54) is 0 Å². The zero-order chi connectivity index (χ0) is 15.5. The summed E-state index contributed by atoms with van der Waals surface area (Å²) in [5.74, 6) is 0.0426. The van der Waals surface area contributed by atoms with E-state index in [1.54, 1.807) is 0 Å². The van der Waals surface area contributed by atoms with Gasteiger partial charge in [0.1, 0.15) is 0 Å². The van der Waals surface area contributed by atoms with E-state index in [4.69, 9.17) is 9.47 Å². The van der Waals surface area contributed by atoms with Gasteiger partial charge in [-0.05, 0) is 26.2 Å². The second-order valence-electron chi connectivity index (χ2n) is 5.66. The second-order valence-corrected chi connectivity index (χ2v) is 5.66. The van der Waals surface area contributed by atoms with Gasteiger partial charge in [0.05, 0.1) is 25.4 Å². The van der Waals surface area contributed by atoms with Crippen LogP contribution in [0.1, 0.15) is 39.5 Å². The maximum atomic E-state index is 11.5. The first-order valence-electron chi connectivity index (χ1n) is 7.99. The van der Waals surface area contributed by atoms with E-state index < -0.39 is 6.10 Å². The van der Waals surface area contributed by atoms with Gasteiger partial charge in [-0.15, -0.1) is 0 Å². The molecule has 1 aliphatic rings. The van der Waals surface area contributed by atoms with Gasteiger partial charge in [-0.1, -0.05) is 6.92 Å². The molecule has 0 bridgehead atoms. The minimum absolute atomic E-state index is 0.0426. The van der Waals surface area contributed by atoms with Crippen molar-refractivity contribution in [3.8, 4) is 0 Å². The molecule has 6 heteroatoms. The highest BCUT2D eigenvalue weighted by Crippen LogP contribution is 2.11. The van der Waals surface area contributed by atoms with Crippen molar-refractivity contribution in [3.05, 3.63) is 0 Å². The molecule has 1 rings (SSSR count). The van der Waals surface area contributed by atoms with Crippen LogP contribution in [0, 0.1) is 0 Å². The Morgan fingerprint density at radius 3 is 3.00 bits per heavy atom. The van der Waals surface area contributed by atoms with Gasteiger partial charge >= 0.3 is 0 Å². The smallest absolute Gasteiger partial charge is 0.221 e. The summed E-state index contributed by atoms with van der Waals surface area (Å²) in [5.41, 5.74) is 0. The SMILES string of the molecule is CCC(C)NC(=O)CCNCC(O)COCC1CCCO1. The molecule has 0 saturated carbocycles. The number of amides is 1. The van der Waals surface area contributed by atoms with Gasteiger partial charge < -0.3 is 25.2 Å². The van der Waals surface area contributed by atoms with Crippen LogP contribution in [-0.2, 0) is 14.3 Å². The van der Waals surface area contributed by atoms with Crippen molar-refractivity contribution in [3.63, 3.8) is 0 Å². The van der Waals surface area contributed by atoms with Crippen molar-refractivity contribution >= 4 is 5.91 Å². The standard InChI is InChI=1S/C15H30N2O4/c1-3-12(2)17-15(19)6-7-16-9-13(18)10-20-11-14-5-4-8-21-14/h12-14,16,18H,3-11H2,1-2H3,(H,17,19). The lowest BCUT2D eigenvalue weighted by molar-refractivity contribution is -0.121. The van der Waals surface area contributed by atoms with Crippen molar-refractivity contribution in [2.45, 2.75) is 57.8 Å². The Balaban J connectivity index is 1.92. The first kappa shape index (κ1) is 18.4. The first-order valence-corrected chi connectivity index (χ1v) is 7.99. The number of aliphatic hydroxyl groups excluding tert-OH is 1. The lowest BCUT2D eigenvalue weighted by Gasteiger charge is -2.15. The Labute approximate surface area is 127 Å². The monoisotopic (exact) mass is 302 g/mol. The van der Waals surface area contributed by atoms with Crippen LogP contribution in [0.2, 0.25) is 0 Å². The molecule has 21 heavy (non-hydrogen) atoms. The van der Waals surface area contributed by atoms with Gasteiger partial charge in [-0.3, -0.25) is 4.79 Å². The zero-order valence-corrected chi connectivity index (χ0v) is 13.3. The van der Waals surface area contributed by atoms with E-state index in [1.807, 2.05) is 13.8 Å². The second kappa shape index (κ2) is 11.0. The van der Waals surface area contributed by atoms with Crippen LogP contribution < -0.4 is 10.6 Å². The average Bonchev–Trinajstić information content (AvgIpc) is 2.96. The third-order valence-corrected chi connectivity index (χ3v) is 3.57. The minimum atomic E-state index is -0.552. The van der Waals surface area contributed by atoms with Crippen molar-refractivity contribution in [1.82, 2.24) is 10.6 Å². The molecule has 6 nitrogen and oxygen atoms in total. The van der Waals surface area contributed by atoms with Crippen LogP contribution in [0.15, 0.2) is 0 Å². The Morgan fingerprint density at radius 2 is 2.33 bits per heavy atom. The number of hydrogen-bond donors (Lipinski definition) is 3. The minimum Gasteiger partial charge on any atom is -0.389 e. The van der Waals surface area contributed by atoms with E-state index in [9.17, 15) is 9.90 Å². The molecule has 0 aromatic carbocycles. The molecule has 3 unspecified atom stereocenters. The number of nitrogens with one attached hydrogen (secondary N) is 2. The van der Waals surface area contributed by atoms with Gasteiger partial charge in [0.2, 0.25) is 5.91 Å². The summed E-state index contributed by atoms with van der Waals surface area (Å²) in [6.45, 7) is 6.68. The van der Waals surface area contributed by atoms with Crippen LogP contribution in [0.5, 0.6) is 0 Å². The van der Waals surface area contributed by atoms with E-state index in [2.05, 4.69) is 10.6 Å². The fraction of sp³-hybridized carbons (Fsp3) is 0.933. The van der Waals surface area contributed by atoms with Gasteiger partial charge in [0.25, 0.3) is 0 Å². The van der Waals surface area contributed by atoms with Crippen molar-refractivity contribution < 1.29 is 19.4 Å². The molecule has 1 aliphatic heterocycles. The van der Waals surface area contributed by atoms with E-state index in [0.29, 0.717) is 32.7 Å². The Bertz CT molecular complexity index is 283. The van der Waals surface area contributed by atoms with E-state index >= 15 is 0 Å². The molecule has 0 spiro atoms. The van der Waals surface area contributed by atoms with E-state index in [-0.39, 0.29) is 18.1 Å². The molecule has 1 saturated heterocycles. The highest BCUT2D eigenvalue weighted by atomic mass is 16.5. The predicted molar refractivity (Wildman–Crippen MR) is 81.2 cm³/mol. The predicted octanol–water partition coefficient (Wildman–Crippen LogP) is 0.437. The highest BCUT2D eigenvalue weighted by Gasteiger charge is 2.16. The number of hydrogen-bond acceptors (Lipinski definition) is 5. The van der Waals surface area contributed by atoms with E-state index in [0.717, 1.165) is 25.9 Å². The lowest BCUT2D eigenvalue weighted by atomic mass is 10.2. The van der Waals surface area contributed by atoms with Crippen molar-refractivity contribution in [1.29, 1.82) is 0 Å². The molecule has 0 aliphatic carbocycles. The highest BCUT2D eigenvalue weighted by molar-refractivity contribution is 5.76. The summed E-state index contributed by atoms with van der Waals surface area (Å²) < 4.78 is 10.9. The molecule has 3 N–H and O–H groups in total. The summed E-state index contributed by atoms with van der Waals surface area (Å²) in [6, 6.07) is 0.217. The number of ether oxygens (including phenoxy) is 2. The van der Waals surface area contributed by atoms with Gasteiger partial charge in [0.15, 0.2) is 0 Å². The number of carbonyl (C=O) groups excluding carboxylic acids is 1. The van der Waals surface area contributed by atoms with Crippen LogP contribution in [-0.4, -0.2) is 62.2 Å². The molecule has 3 atom stereocenters. The van der Waals surface area contributed by atoms with Crippen LogP contribution in [0.4, 0.5) is 0 Å². The molecule has 124 valence electrons. The Morgan fingerprint density at radius 1 is 1.52 bits per heavy atom. The van der Waals surface area contributed by atoms with Gasteiger partial charge in [-0.25, -0.2) is 0 Å². The molecule has 0 radical (unpaired) electrons. The van der Waals surface area contributed by atoms with Crippen LogP contribution in [0.3, 0.4) is 0 Å². The number of carbonyl (C=O) groups is 1.